The first-order valence-corrected chi connectivity index (χ1v) is 7.11. The SMILES string of the molecule is CC(C)(C)n1c(CCl)nnc1-c1cc(Cl)cc([N+](=O)[O-])c1. The Labute approximate surface area is 131 Å². The van der Waals surface area contributed by atoms with E-state index in [1.807, 2.05) is 25.3 Å². The second kappa shape index (κ2) is 5.61. The molecule has 0 saturated heterocycles. The zero-order valence-corrected chi connectivity index (χ0v) is 13.3. The van der Waals surface area contributed by atoms with Crippen molar-refractivity contribution in [2.75, 3.05) is 0 Å². The van der Waals surface area contributed by atoms with Crippen molar-refractivity contribution in [1.29, 1.82) is 0 Å². The highest BCUT2D eigenvalue weighted by atomic mass is 35.5. The van der Waals surface area contributed by atoms with E-state index < -0.39 is 4.92 Å². The lowest BCUT2D eigenvalue weighted by molar-refractivity contribution is -0.384. The maximum atomic E-state index is 11.0. The summed E-state index contributed by atoms with van der Waals surface area (Å²) in [7, 11) is 0. The molecule has 0 amide bonds. The van der Waals surface area contributed by atoms with E-state index in [4.69, 9.17) is 23.2 Å². The maximum absolute atomic E-state index is 11.0. The van der Waals surface area contributed by atoms with Gasteiger partial charge < -0.3 is 4.57 Å². The lowest BCUT2D eigenvalue weighted by Crippen LogP contribution is -2.24. The van der Waals surface area contributed by atoms with Crippen LogP contribution in [0.3, 0.4) is 0 Å². The zero-order valence-electron chi connectivity index (χ0n) is 11.8. The molecule has 2 rings (SSSR count). The molecule has 0 fully saturated rings. The highest BCUT2D eigenvalue weighted by Gasteiger charge is 2.24. The number of alkyl halides is 1. The molecular weight excluding hydrogens is 315 g/mol. The quantitative estimate of drug-likeness (QED) is 0.485. The van der Waals surface area contributed by atoms with E-state index in [9.17, 15) is 10.1 Å². The number of non-ortho nitro benzene ring substituents is 1. The largest absolute Gasteiger partial charge is 0.305 e. The topological polar surface area (TPSA) is 73.8 Å². The fourth-order valence-electron chi connectivity index (χ4n) is 2.10. The first-order chi connectivity index (χ1) is 9.74. The molecule has 0 aliphatic heterocycles. The second-order valence-corrected chi connectivity index (χ2v) is 6.24. The van der Waals surface area contributed by atoms with Crippen LogP contribution in [0.5, 0.6) is 0 Å². The van der Waals surface area contributed by atoms with E-state index in [-0.39, 0.29) is 22.1 Å². The Kier molecular flexibility index (Phi) is 4.20. The Balaban J connectivity index is 2.68. The molecule has 0 aliphatic carbocycles. The standard InChI is InChI=1S/C13H14Cl2N4O2/c1-13(2,3)18-11(7-14)16-17-12(18)8-4-9(15)6-10(5-8)19(20)21/h4-6H,7H2,1-3H3. The predicted molar refractivity (Wildman–Crippen MR) is 81.7 cm³/mol. The molecule has 0 radical (unpaired) electrons. The smallest absolute Gasteiger partial charge is 0.271 e. The van der Waals surface area contributed by atoms with Gasteiger partial charge >= 0.3 is 0 Å². The van der Waals surface area contributed by atoms with Crippen LogP contribution >= 0.6 is 23.2 Å². The molecule has 1 aromatic carbocycles. The Morgan fingerprint density at radius 1 is 1.29 bits per heavy atom. The van der Waals surface area contributed by atoms with Crippen LogP contribution in [0.15, 0.2) is 18.2 Å². The van der Waals surface area contributed by atoms with Gasteiger partial charge in [0.2, 0.25) is 0 Å². The van der Waals surface area contributed by atoms with Crippen molar-refractivity contribution in [3.63, 3.8) is 0 Å². The predicted octanol–water partition coefficient (Wildman–Crippen LogP) is 4.00. The van der Waals surface area contributed by atoms with E-state index >= 15 is 0 Å². The molecule has 0 aliphatic rings. The van der Waals surface area contributed by atoms with Gasteiger partial charge in [-0.2, -0.15) is 0 Å². The van der Waals surface area contributed by atoms with Crippen molar-refractivity contribution in [2.24, 2.45) is 0 Å². The van der Waals surface area contributed by atoms with E-state index in [0.717, 1.165) is 0 Å². The van der Waals surface area contributed by atoms with Gasteiger partial charge in [-0.15, -0.1) is 21.8 Å². The molecule has 0 saturated carbocycles. The van der Waals surface area contributed by atoms with Gasteiger partial charge in [0.15, 0.2) is 5.82 Å². The molecule has 0 bridgehead atoms. The summed E-state index contributed by atoms with van der Waals surface area (Å²) >= 11 is 11.9. The zero-order chi connectivity index (χ0) is 15.8. The van der Waals surface area contributed by atoms with Crippen LogP contribution in [-0.4, -0.2) is 19.7 Å². The first-order valence-electron chi connectivity index (χ1n) is 6.20. The van der Waals surface area contributed by atoms with Crippen LogP contribution < -0.4 is 0 Å². The van der Waals surface area contributed by atoms with Crippen molar-refractivity contribution in [3.8, 4) is 11.4 Å². The van der Waals surface area contributed by atoms with Gasteiger partial charge in [-0.3, -0.25) is 10.1 Å². The molecule has 0 N–H and O–H groups in total. The van der Waals surface area contributed by atoms with Gasteiger partial charge in [0, 0.05) is 28.3 Å². The number of nitro benzene ring substituents is 1. The maximum Gasteiger partial charge on any atom is 0.271 e. The number of rotatable bonds is 3. The molecule has 1 aromatic heterocycles. The van der Waals surface area contributed by atoms with Crippen LogP contribution in [0.2, 0.25) is 5.02 Å². The van der Waals surface area contributed by atoms with E-state index in [1.54, 1.807) is 6.07 Å². The summed E-state index contributed by atoms with van der Waals surface area (Å²) in [4.78, 5) is 10.5. The van der Waals surface area contributed by atoms with Crippen LogP contribution in [0.25, 0.3) is 11.4 Å². The van der Waals surface area contributed by atoms with E-state index in [1.165, 1.54) is 12.1 Å². The normalized spacial score (nSPS) is 11.7. The van der Waals surface area contributed by atoms with Gasteiger partial charge in [0.25, 0.3) is 5.69 Å². The lowest BCUT2D eigenvalue weighted by Gasteiger charge is -2.24. The molecule has 0 atom stereocenters. The van der Waals surface area contributed by atoms with Gasteiger partial charge in [-0.25, -0.2) is 0 Å². The molecule has 0 unspecified atom stereocenters. The summed E-state index contributed by atoms with van der Waals surface area (Å²) < 4.78 is 1.86. The van der Waals surface area contributed by atoms with Crippen LogP contribution in [-0.2, 0) is 11.4 Å². The third-order valence-electron chi connectivity index (χ3n) is 2.87. The Bertz CT molecular complexity index is 692. The number of hydrogen-bond acceptors (Lipinski definition) is 4. The molecule has 2 aromatic rings. The summed E-state index contributed by atoms with van der Waals surface area (Å²) in [6.07, 6.45) is 0. The monoisotopic (exact) mass is 328 g/mol. The van der Waals surface area contributed by atoms with Gasteiger partial charge in [-0.1, -0.05) is 11.6 Å². The molecular formula is C13H14Cl2N4O2. The van der Waals surface area contributed by atoms with Crippen molar-refractivity contribution in [3.05, 3.63) is 39.2 Å². The van der Waals surface area contributed by atoms with Gasteiger partial charge in [0.05, 0.1) is 10.8 Å². The number of benzene rings is 1. The third kappa shape index (κ3) is 3.16. The summed E-state index contributed by atoms with van der Waals surface area (Å²) in [6.45, 7) is 5.94. The minimum Gasteiger partial charge on any atom is -0.305 e. The van der Waals surface area contributed by atoms with Crippen molar-refractivity contribution < 1.29 is 4.92 Å². The number of nitro groups is 1. The summed E-state index contributed by atoms with van der Waals surface area (Å²) in [5.41, 5.74) is 0.126. The number of hydrogen-bond donors (Lipinski definition) is 0. The third-order valence-corrected chi connectivity index (χ3v) is 3.33. The fourth-order valence-corrected chi connectivity index (χ4v) is 2.51. The van der Waals surface area contributed by atoms with E-state index in [2.05, 4.69) is 10.2 Å². The summed E-state index contributed by atoms with van der Waals surface area (Å²) in [5.74, 6) is 1.30. The molecule has 1 heterocycles. The van der Waals surface area contributed by atoms with Crippen molar-refractivity contribution >= 4 is 28.9 Å². The molecule has 8 heteroatoms. The lowest BCUT2D eigenvalue weighted by atomic mass is 10.1. The second-order valence-electron chi connectivity index (χ2n) is 5.53. The Morgan fingerprint density at radius 3 is 2.48 bits per heavy atom. The fraction of sp³-hybridized carbons (Fsp3) is 0.385. The van der Waals surface area contributed by atoms with Crippen LogP contribution in [0, 0.1) is 10.1 Å². The average Bonchev–Trinajstić information content (AvgIpc) is 2.81. The summed E-state index contributed by atoms with van der Waals surface area (Å²) in [5, 5.41) is 19.4. The minimum atomic E-state index is -0.490. The van der Waals surface area contributed by atoms with Crippen LogP contribution in [0.1, 0.15) is 26.6 Å². The first kappa shape index (κ1) is 15.7. The molecule has 112 valence electrons. The minimum absolute atomic E-state index is 0.0895. The van der Waals surface area contributed by atoms with Crippen molar-refractivity contribution in [2.45, 2.75) is 32.2 Å². The van der Waals surface area contributed by atoms with Crippen molar-refractivity contribution in [1.82, 2.24) is 14.8 Å². The summed E-state index contributed by atoms with van der Waals surface area (Å²) in [6, 6.07) is 4.35. The van der Waals surface area contributed by atoms with E-state index in [0.29, 0.717) is 17.2 Å². The number of halogens is 2. The Morgan fingerprint density at radius 2 is 1.95 bits per heavy atom. The molecule has 6 nitrogen and oxygen atoms in total. The van der Waals surface area contributed by atoms with Gasteiger partial charge in [0.1, 0.15) is 5.82 Å². The molecule has 0 spiro atoms. The van der Waals surface area contributed by atoms with Crippen LogP contribution in [0.4, 0.5) is 5.69 Å². The highest BCUT2D eigenvalue weighted by molar-refractivity contribution is 6.31. The average molecular weight is 329 g/mol. The van der Waals surface area contributed by atoms with Gasteiger partial charge in [-0.05, 0) is 26.8 Å². The Hall–Kier alpha value is -1.66. The number of nitrogens with zero attached hydrogens (tertiary/aromatic N) is 4. The molecule has 21 heavy (non-hydrogen) atoms. The number of aromatic nitrogens is 3. The highest BCUT2D eigenvalue weighted by Crippen LogP contribution is 2.31.